The first-order valence-corrected chi connectivity index (χ1v) is 6.54. The summed E-state index contributed by atoms with van der Waals surface area (Å²) in [6, 6.07) is 4.69. The molecule has 116 valence electrons. The molecule has 1 aliphatic heterocycles. The lowest BCUT2D eigenvalue weighted by Gasteiger charge is -2.34. The Hall–Kier alpha value is -1.60. The fourth-order valence-corrected chi connectivity index (χ4v) is 2.20. The van der Waals surface area contributed by atoms with Crippen LogP contribution in [0.1, 0.15) is 24.2 Å². The van der Waals surface area contributed by atoms with Crippen LogP contribution in [0.25, 0.3) is 0 Å². The van der Waals surface area contributed by atoms with Crippen molar-refractivity contribution in [2.45, 2.75) is 25.3 Å². The lowest BCUT2D eigenvalue weighted by molar-refractivity contribution is -0.147. The van der Waals surface area contributed by atoms with Crippen molar-refractivity contribution in [3.63, 3.8) is 0 Å². The Balaban J connectivity index is 2.09. The number of hydrogen-bond acceptors (Lipinski definition) is 3. The van der Waals surface area contributed by atoms with Crippen molar-refractivity contribution in [2.75, 3.05) is 19.7 Å². The zero-order chi connectivity index (χ0) is 15.6. The van der Waals surface area contributed by atoms with Gasteiger partial charge in [0.25, 0.3) is 5.91 Å². The van der Waals surface area contributed by atoms with Gasteiger partial charge in [0, 0.05) is 6.54 Å². The predicted octanol–water partition coefficient (Wildman–Crippen LogP) is 1.99. The molecule has 0 aliphatic carbocycles. The summed E-state index contributed by atoms with van der Waals surface area (Å²) >= 11 is 0. The van der Waals surface area contributed by atoms with Crippen LogP contribution in [0.2, 0.25) is 0 Å². The van der Waals surface area contributed by atoms with Gasteiger partial charge in [0.05, 0.1) is 18.7 Å². The minimum Gasteiger partial charge on any atom is -0.384 e. The van der Waals surface area contributed by atoms with Gasteiger partial charge in [0.2, 0.25) is 0 Å². The third-order valence-electron chi connectivity index (χ3n) is 3.35. The zero-order valence-electron chi connectivity index (χ0n) is 11.4. The largest absolute Gasteiger partial charge is 0.416 e. The minimum atomic E-state index is -4.37. The number of hydrogen-bond donors (Lipinski definition) is 1. The summed E-state index contributed by atoms with van der Waals surface area (Å²) in [6.45, 7) is 2.24. The van der Waals surface area contributed by atoms with Crippen molar-refractivity contribution in [3.05, 3.63) is 35.4 Å². The molecule has 4 nitrogen and oxygen atoms in total. The number of halogens is 3. The van der Waals surface area contributed by atoms with Crippen LogP contribution < -0.4 is 0 Å². The first kappa shape index (κ1) is 15.8. The molecule has 0 bridgehead atoms. The lowest BCUT2D eigenvalue weighted by atomic mass is 10.0. The topological polar surface area (TPSA) is 49.8 Å². The molecule has 1 N–H and O–H groups in total. The van der Waals surface area contributed by atoms with E-state index in [0.717, 1.165) is 12.1 Å². The number of benzene rings is 1. The van der Waals surface area contributed by atoms with Crippen LogP contribution in [0.15, 0.2) is 24.3 Å². The normalized spacial score (nSPS) is 21.2. The number of carbonyl (C=O) groups excluding carboxylic acids is 1. The summed E-state index contributed by atoms with van der Waals surface area (Å²) in [5.41, 5.74) is -0.148. The minimum absolute atomic E-state index is 0.217. The number of carbonyl (C=O) groups is 1. The maximum Gasteiger partial charge on any atom is 0.416 e. The molecule has 1 heterocycles. The first-order chi connectivity index (χ1) is 9.79. The number of ether oxygens (including phenoxy) is 1. The maximum absolute atomic E-state index is 12.5. The molecule has 1 aromatic carbocycles. The van der Waals surface area contributed by atoms with Crippen LogP contribution >= 0.6 is 0 Å². The number of nitrogens with zero attached hydrogens (tertiary/aromatic N) is 1. The lowest BCUT2D eigenvalue weighted by Crippen LogP contribution is -2.45. The Labute approximate surface area is 120 Å². The number of aliphatic hydroxyl groups excluding tert-OH is 1. The highest BCUT2D eigenvalue weighted by Crippen LogP contribution is 2.31. The number of rotatable bonds is 2. The third kappa shape index (κ3) is 3.74. The van der Waals surface area contributed by atoms with Crippen LogP contribution in [0.3, 0.4) is 0 Å². The van der Waals surface area contributed by atoms with E-state index in [2.05, 4.69) is 0 Å². The molecular formula is C14H16F3NO3. The van der Waals surface area contributed by atoms with Crippen molar-refractivity contribution in [3.8, 4) is 0 Å². The Morgan fingerprint density at radius 2 is 2.00 bits per heavy atom. The zero-order valence-corrected chi connectivity index (χ0v) is 11.4. The molecule has 1 aliphatic rings. The van der Waals surface area contributed by atoms with Crippen LogP contribution in [0.4, 0.5) is 13.2 Å². The van der Waals surface area contributed by atoms with E-state index < -0.39 is 29.9 Å². The molecule has 0 aromatic heterocycles. The molecule has 0 radical (unpaired) electrons. The first-order valence-electron chi connectivity index (χ1n) is 6.54. The van der Waals surface area contributed by atoms with Gasteiger partial charge in [0.15, 0.2) is 0 Å². The third-order valence-corrected chi connectivity index (χ3v) is 3.35. The molecular weight excluding hydrogens is 287 g/mol. The molecule has 1 fully saturated rings. The van der Waals surface area contributed by atoms with Crippen LogP contribution in [-0.4, -0.2) is 41.7 Å². The predicted molar refractivity (Wildman–Crippen MR) is 68.4 cm³/mol. The maximum atomic E-state index is 12.5. The molecule has 1 aromatic rings. The van der Waals surface area contributed by atoms with Gasteiger partial charge in [-0.2, -0.15) is 13.2 Å². The number of aliphatic hydroxyl groups is 1. The average Bonchev–Trinajstić information content (AvgIpc) is 2.46. The molecule has 2 rings (SSSR count). The standard InChI is InChI=1S/C14H16F3NO3/c1-9(19)13(20)18-6-7-21-12(8-18)10-2-4-11(5-3-10)14(15,16)17/h2-5,9,12,19H,6-8H2,1H3/t9-,12-/m1/s1. The van der Waals surface area contributed by atoms with Gasteiger partial charge >= 0.3 is 6.18 Å². The Kier molecular flexibility index (Phi) is 4.53. The van der Waals surface area contributed by atoms with E-state index in [1.807, 2.05) is 0 Å². The fraction of sp³-hybridized carbons (Fsp3) is 0.500. The van der Waals surface area contributed by atoms with E-state index in [1.54, 1.807) is 0 Å². The van der Waals surface area contributed by atoms with E-state index >= 15 is 0 Å². The number of alkyl halides is 3. The molecule has 21 heavy (non-hydrogen) atoms. The van der Waals surface area contributed by atoms with E-state index in [0.29, 0.717) is 12.1 Å². The van der Waals surface area contributed by atoms with Crippen molar-refractivity contribution >= 4 is 5.91 Å². The SMILES string of the molecule is C[C@@H](O)C(=O)N1CCO[C@@H](c2ccc(C(F)(F)F)cc2)C1. The second kappa shape index (κ2) is 6.03. The summed E-state index contributed by atoms with van der Waals surface area (Å²) in [7, 11) is 0. The highest BCUT2D eigenvalue weighted by atomic mass is 19.4. The molecule has 0 unspecified atom stereocenters. The molecule has 0 saturated carbocycles. The summed E-state index contributed by atoms with van der Waals surface area (Å²) < 4.78 is 43.0. The van der Waals surface area contributed by atoms with Crippen molar-refractivity contribution < 1.29 is 27.8 Å². The molecule has 1 amide bonds. The summed E-state index contributed by atoms with van der Waals surface area (Å²) in [6.07, 6.45) is -5.96. The smallest absolute Gasteiger partial charge is 0.384 e. The van der Waals surface area contributed by atoms with Crippen LogP contribution in [0.5, 0.6) is 0 Å². The summed E-state index contributed by atoms with van der Waals surface area (Å²) in [4.78, 5) is 13.2. The van der Waals surface area contributed by atoms with Gasteiger partial charge in [-0.3, -0.25) is 4.79 Å². The Bertz CT molecular complexity index is 499. The average molecular weight is 303 g/mol. The van der Waals surface area contributed by atoms with Gasteiger partial charge in [-0.15, -0.1) is 0 Å². The van der Waals surface area contributed by atoms with E-state index in [-0.39, 0.29) is 13.2 Å². The highest BCUT2D eigenvalue weighted by Gasteiger charge is 2.31. The quantitative estimate of drug-likeness (QED) is 0.909. The van der Waals surface area contributed by atoms with Gasteiger partial charge in [-0.1, -0.05) is 12.1 Å². The number of amides is 1. The summed E-state index contributed by atoms with van der Waals surface area (Å²) in [5, 5.41) is 9.30. The van der Waals surface area contributed by atoms with E-state index in [4.69, 9.17) is 4.74 Å². The Morgan fingerprint density at radius 1 is 1.38 bits per heavy atom. The van der Waals surface area contributed by atoms with Gasteiger partial charge in [0.1, 0.15) is 12.2 Å². The molecule has 1 saturated heterocycles. The second-order valence-electron chi connectivity index (χ2n) is 4.94. The highest BCUT2D eigenvalue weighted by molar-refractivity contribution is 5.80. The van der Waals surface area contributed by atoms with E-state index in [9.17, 15) is 23.1 Å². The molecule has 7 heteroatoms. The Morgan fingerprint density at radius 3 is 2.52 bits per heavy atom. The number of morpholine rings is 1. The van der Waals surface area contributed by atoms with Crippen molar-refractivity contribution in [1.29, 1.82) is 0 Å². The van der Waals surface area contributed by atoms with Crippen molar-refractivity contribution in [2.24, 2.45) is 0 Å². The fourth-order valence-electron chi connectivity index (χ4n) is 2.20. The monoisotopic (exact) mass is 303 g/mol. The van der Waals surface area contributed by atoms with Crippen molar-refractivity contribution in [1.82, 2.24) is 4.90 Å². The van der Waals surface area contributed by atoms with E-state index in [1.165, 1.54) is 24.0 Å². The van der Waals surface area contributed by atoms with Gasteiger partial charge in [-0.25, -0.2) is 0 Å². The van der Waals surface area contributed by atoms with Gasteiger partial charge < -0.3 is 14.7 Å². The summed E-state index contributed by atoms with van der Waals surface area (Å²) in [5.74, 6) is -0.407. The molecule has 0 spiro atoms. The van der Waals surface area contributed by atoms with Crippen LogP contribution in [-0.2, 0) is 15.7 Å². The van der Waals surface area contributed by atoms with Gasteiger partial charge in [-0.05, 0) is 24.6 Å². The van der Waals surface area contributed by atoms with Crippen LogP contribution in [0, 0.1) is 0 Å². The molecule has 2 atom stereocenters. The second-order valence-corrected chi connectivity index (χ2v) is 4.94.